The smallest absolute Gasteiger partial charge is 0.340 e. The van der Waals surface area contributed by atoms with Crippen molar-refractivity contribution >= 4 is 32.8 Å². The Hall–Kier alpha value is -1.63. The van der Waals surface area contributed by atoms with E-state index in [1.807, 2.05) is 41.1 Å². The van der Waals surface area contributed by atoms with E-state index in [0.29, 0.717) is 12.1 Å². The van der Waals surface area contributed by atoms with Gasteiger partial charge in [0.15, 0.2) is 0 Å². The molecule has 1 saturated heterocycles. The lowest BCUT2D eigenvalue weighted by Crippen LogP contribution is -2.43. The molecule has 1 aliphatic heterocycles. The van der Waals surface area contributed by atoms with E-state index < -0.39 is 0 Å². The van der Waals surface area contributed by atoms with Crippen molar-refractivity contribution < 1.29 is 14.6 Å². The van der Waals surface area contributed by atoms with Gasteiger partial charge in [-0.3, -0.25) is 0 Å². The molecule has 5 nitrogen and oxygen atoms in total. The van der Waals surface area contributed by atoms with Crippen molar-refractivity contribution in [2.45, 2.75) is 31.5 Å². The Labute approximate surface area is 149 Å². The Balaban J connectivity index is 1.86. The monoisotopic (exact) mass is 392 g/mol. The number of halogens is 1. The molecule has 24 heavy (non-hydrogen) atoms. The molecule has 2 N–H and O–H groups in total. The molecule has 1 aromatic carbocycles. The number of aliphatic hydroxyl groups is 1. The average Bonchev–Trinajstić information content (AvgIpc) is 2.94. The maximum Gasteiger partial charge on any atom is 0.340 e. The fraction of sp³-hybridized carbons (Fsp3) is 0.389. The van der Waals surface area contributed by atoms with Gasteiger partial charge in [0.2, 0.25) is 0 Å². The van der Waals surface area contributed by atoms with Gasteiger partial charge in [0.25, 0.3) is 0 Å². The molecule has 3 rings (SSSR count). The van der Waals surface area contributed by atoms with E-state index in [1.54, 1.807) is 0 Å². The third-order valence-electron chi connectivity index (χ3n) is 4.37. The van der Waals surface area contributed by atoms with E-state index in [-0.39, 0.29) is 18.1 Å². The van der Waals surface area contributed by atoms with Gasteiger partial charge in [-0.15, -0.1) is 0 Å². The summed E-state index contributed by atoms with van der Waals surface area (Å²) in [4.78, 5) is 12.0. The molecular formula is C18H21BrN2O3. The van der Waals surface area contributed by atoms with Gasteiger partial charge in [0.1, 0.15) is 0 Å². The minimum atomic E-state index is -0.338. The van der Waals surface area contributed by atoms with Gasteiger partial charge in [0.05, 0.1) is 30.3 Å². The Morgan fingerprint density at radius 2 is 2.38 bits per heavy atom. The molecule has 0 bridgehead atoms. The number of carbonyl (C=O) groups excluding carboxylic acids is 1. The van der Waals surface area contributed by atoms with Crippen molar-refractivity contribution in [1.82, 2.24) is 9.88 Å². The third kappa shape index (κ3) is 3.55. The largest absolute Gasteiger partial charge is 0.465 e. The predicted molar refractivity (Wildman–Crippen MR) is 97.1 cm³/mol. The van der Waals surface area contributed by atoms with Crippen LogP contribution in [0.1, 0.15) is 23.2 Å². The first-order valence-corrected chi connectivity index (χ1v) is 8.84. The van der Waals surface area contributed by atoms with Crippen molar-refractivity contribution in [3.63, 3.8) is 0 Å². The number of nitrogens with zero attached hydrogens (tertiary/aromatic N) is 1. The number of aliphatic hydroxyl groups excluding tert-OH is 1. The number of carbonyl (C=O) groups is 1. The summed E-state index contributed by atoms with van der Waals surface area (Å²) in [5.74, 6) is -0.338. The highest BCUT2D eigenvalue weighted by Gasteiger charge is 2.19. The van der Waals surface area contributed by atoms with Gasteiger partial charge in [-0.1, -0.05) is 34.1 Å². The molecule has 0 spiro atoms. The van der Waals surface area contributed by atoms with Crippen LogP contribution in [0, 0.1) is 0 Å². The van der Waals surface area contributed by atoms with E-state index >= 15 is 0 Å². The first-order chi connectivity index (χ1) is 11.6. The second-order valence-electron chi connectivity index (χ2n) is 5.97. The van der Waals surface area contributed by atoms with Crippen LogP contribution in [-0.2, 0) is 11.3 Å². The normalized spacial score (nSPS) is 21.5. The number of nitrogens with one attached hydrogen (secondary N) is 1. The SMILES string of the molecule is COC(=O)c1cn(C/C=C/[C@H]2NCCC[C@@H]2O)c2cc(Br)ccc12. The summed E-state index contributed by atoms with van der Waals surface area (Å²) in [5.41, 5.74) is 1.52. The van der Waals surface area contributed by atoms with E-state index in [9.17, 15) is 9.90 Å². The number of piperidine rings is 1. The molecule has 128 valence electrons. The van der Waals surface area contributed by atoms with Gasteiger partial charge in [0, 0.05) is 22.6 Å². The summed E-state index contributed by atoms with van der Waals surface area (Å²) in [7, 11) is 1.39. The fourth-order valence-corrected chi connectivity index (χ4v) is 3.45. The lowest BCUT2D eigenvalue weighted by atomic mass is 10.0. The average molecular weight is 393 g/mol. The number of aromatic nitrogens is 1. The quantitative estimate of drug-likeness (QED) is 0.620. The minimum absolute atomic E-state index is 0.00705. The van der Waals surface area contributed by atoms with Crippen LogP contribution in [0.15, 0.2) is 41.0 Å². The Bertz CT molecular complexity index is 769. The molecule has 0 saturated carbocycles. The first kappa shape index (κ1) is 17.2. The zero-order valence-corrected chi connectivity index (χ0v) is 15.1. The maximum absolute atomic E-state index is 12.0. The van der Waals surface area contributed by atoms with Crippen molar-refractivity contribution in [2.75, 3.05) is 13.7 Å². The zero-order chi connectivity index (χ0) is 17.1. The molecule has 2 heterocycles. The summed E-state index contributed by atoms with van der Waals surface area (Å²) in [6.45, 7) is 1.55. The lowest BCUT2D eigenvalue weighted by molar-refractivity contribution is 0.0602. The second kappa shape index (κ2) is 7.51. The highest BCUT2D eigenvalue weighted by Crippen LogP contribution is 2.26. The number of hydrogen-bond donors (Lipinski definition) is 2. The molecule has 0 unspecified atom stereocenters. The number of esters is 1. The summed E-state index contributed by atoms with van der Waals surface area (Å²) in [6.07, 6.45) is 7.34. The number of allylic oxidation sites excluding steroid dienone is 1. The Morgan fingerprint density at radius 3 is 3.12 bits per heavy atom. The molecular weight excluding hydrogens is 372 g/mol. The number of ether oxygens (including phenoxy) is 1. The third-order valence-corrected chi connectivity index (χ3v) is 4.86. The van der Waals surface area contributed by atoms with Crippen molar-refractivity contribution in [2.24, 2.45) is 0 Å². The summed E-state index contributed by atoms with van der Waals surface area (Å²) >= 11 is 3.48. The van der Waals surface area contributed by atoms with Crippen molar-refractivity contribution in [3.8, 4) is 0 Å². The van der Waals surface area contributed by atoms with E-state index in [4.69, 9.17) is 4.74 Å². The lowest BCUT2D eigenvalue weighted by Gasteiger charge is -2.26. The van der Waals surface area contributed by atoms with E-state index in [1.165, 1.54) is 7.11 Å². The fourth-order valence-electron chi connectivity index (χ4n) is 3.10. The summed E-state index contributed by atoms with van der Waals surface area (Å²) < 4.78 is 7.85. The zero-order valence-electron chi connectivity index (χ0n) is 13.5. The molecule has 1 fully saturated rings. The highest BCUT2D eigenvalue weighted by atomic mass is 79.9. The number of rotatable bonds is 4. The van der Waals surface area contributed by atoms with Crippen LogP contribution in [-0.4, -0.2) is 41.4 Å². The molecule has 2 atom stereocenters. The standard InChI is InChI=1S/C18H21BrN2O3/c1-24-18(23)14-11-21(16-10-12(19)6-7-13(14)16)9-3-4-15-17(22)5-2-8-20-15/h3-4,6-7,10-11,15,17,20,22H,2,5,8-9H2,1H3/b4-3+/t15-,17+/m1/s1. The van der Waals surface area contributed by atoms with E-state index in [0.717, 1.165) is 34.8 Å². The molecule has 0 amide bonds. The van der Waals surface area contributed by atoms with Crippen LogP contribution < -0.4 is 5.32 Å². The Kier molecular flexibility index (Phi) is 5.38. The molecule has 0 aliphatic carbocycles. The molecule has 0 radical (unpaired) electrons. The predicted octanol–water partition coefficient (Wildman–Crippen LogP) is 2.86. The minimum Gasteiger partial charge on any atom is -0.465 e. The van der Waals surface area contributed by atoms with Crippen LogP contribution in [0.4, 0.5) is 0 Å². The Morgan fingerprint density at radius 1 is 1.54 bits per heavy atom. The van der Waals surface area contributed by atoms with Gasteiger partial charge in [-0.05, 0) is 31.5 Å². The topological polar surface area (TPSA) is 63.5 Å². The highest BCUT2D eigenvalue weighted by molar-refractivity contribution is 9.10. The maximum atomic E-state index is 12.0. The molecule has 2 aromatic rings. The van der Waals surface area contributed by atoms with Gasteiger partial charge >= 0.3 is 5.97 Å². The number of methoxy groups -OCH3 is 1. The number of benzene rings is 1. The number of hydrogen-bond acceptors (Lipinski definition) is 4. The number of fused-ring (bicyclic) bond motifs is 1. The summed E-state index contributed by atoms with van der Waals surface area (Å²) in [6, 6.07) is 5.81. The van der Waals surface area contributed by atoms with E-state index in [2.05, 4.69) is 21.2 Å². The van der Waals surface area contributed by atoms with Gasteiger partial charge in [-0.25, -0.2) is 4.79 Å². The molecule has 1 aliphatic rings. The van der Waals surface area contributed by atoms with Crippen LogP contribution in [0.2, 0.25) is 0 Å². The van der Waals surface area contributed by atoms with Crippen LogP contribution >= 0.6 is 15.9 Å². The van der Waals surface area contributed by atoms with Gasteiger partial charge < -0.3 is 19.7 Å². The second-order valence-corrected chi connectivity index (χ2v) is 6.88. The summed E-state index contributed by atoms with van der Waals surface area (Å²) in [5, 5.41) is 14.2. The first-order valence-electron chi connectivity index (χ1n) is 8.05. The van der Waals surface area contributed by atoms with Crippen LogP contribution in [0.25, 0.3) is 10.9 Å². The van der Waals surface area contributed by atoms with Gasteiger partial charge in [-0.2, -0.15) is 0 Å². The van der Waals surface area contributed by atoms with Crippen molar-refractivity contribution in [3.05, 3.63) is 46.6 Å². The van der Waals surface area contributed by atoms with Crippen LogP contribution in [0.5, 0.6) is 0 Å². The van der Waals surface area contributed by atoms with Crippen molar-refractivity contribution in [1.29, 1.82) is 0 Å². The van der Waals surface area contributed by atoms with Crippen LogP contribution in [0.3, 0.4) is 0 Å². The molecule has 1 aromatic heterocycles. The molecule has 6 heteroatoms.